The lowest BCUT2D eigenvalue weighted by molar-refractivity contribution is 0.143. The molecule has 1 unspecified atom stereocenters. The second kappa shape index (κ2) is 11.0. The normalized spacial score (nSPS) is 15.2. The molecule has 0 aliphatic heterocycles. The Balaban J connectivity index is 1.19. The molecule has 1 aliphatic rings. The summed E-state index contributed by atoms with van der Waals surface area (Å²) in [4.78, 5) is 16.4. The van der Waals surface area contributed by atoms with Gasteiger partial charge in [0.25, 0.3) is 0 Å². The van der Waals surface area contributed by atoms with E-state index in [1.165, 1.54) is 22.4 Å². The zero-order valence-electron chi connectivity index (χ0n) is 20.9. The number of fused-ring (bicyclic) bond motifs is 2. The molecule has 0 fully saturated rings. The predicted octanol–water partition coefficient (Wildman–Crippen LogP) is 5.99. The van der Waals surface area contributed by atoms with Crippen molar-refractivity contribution in [2.45, 2.75) is 51.5 Å². The maximum atomic E-state index is 6.13. The highest BCUT2D eigenvalue weighted by Crippen LogP contribution is 2.35. The summed E-state index contributed by atoms with van der Waals surface area (Å²) in [5.74, 6) is 0.750. The fourth-order valence-corrected chi connectivity index (χ4v) is 5.21. The van der Waals surface area contributed by atoms with Crippen LogP contribution in [0.3, 0.4) is 0 Å². The second-order valence-corrected chi connectivity index (χ2v) is 9.68. The minimum absolute atomic E-state index is 0.236. The van der Waals surface area contributed by atoms with Gasteiger partial charge in [0, 0.05) is 32.0 Å². The van der Waals surface area contributed by atoms with Crippen molar-refractivity contribution in [3.63, 3.8) is 0 Å². The van der Waals surface area contributed by atoms with Crippen LogP contribution in [-0.4, -0.2) is 19.9 Å². The van der Waals surface area contributed by atoms with Gasteiger partial charge in [-0.25, -0.2) is 4.98 Å². The van der Waals surface area contributed by atoms with Crippen molar-refractivity contribution in [1.29, 1.82) is 0 Å². The third-order valence-electron chi connectivity index (χ3n) is 7.05. The highest BCUT2D eigenvalue weighted by Gasteiger charge is 2.28. The Bertz CT molecular complexity index is 1410. The van der Waals surface area contributed by atoms with Crippen molar-refractivity contribution in [2.75, 3.05) is 0 Å². The molecule has 0 amide bonds. The molecule has 1 aliphatic carbocycles. The summed E-state index contributed by atoms with van der Waals surface area (Å²) in [5, 5.41) is 3.48. The molecule has 3 aromatic heterocycles. The van der Waals surface area contributed by atoms with Gasteiger partial charge >= 0.3 is 0 Å². The van der Waals surface area contributed by atoms with Crippen molar-refractivity contribution < 1.29 is 4.42 Å². The summed E-state index contributed by atoms with van der Waals surface area (Å²) in [6, 6.07) is 27.4. The highest BCUT2D eigenvalue weighted by molar-refractivity contribution is 5.72. The molecule has 1 N–H and O–H groups in total. The molecule has 6 heteroatoms. The van der Waals surface area contributed by atoms with E-state index in [1.54, 1.807) is 0 Å². The Hall–Kier alpha value is -3.87. The Labute approximate surface area is 217 Å². The van der Waals surface area contributed by atoms with Gasteiger partial charge in [-0.05, 0) is 66.3 Å². The van der Waals surface area contributed by atoms with Crippen molar-refractivity contribution in [3.8, 4) is 0 Å². The number of hydrogen-bond acceptors (Lipinski definition) is 6. The summed E-state index contributed by atoms with van der Waals surface area (Å²) in [6.07, 6.45) is 7.09. The first-order valence-corrected chi connectivity index (χ1v) is 13.0. The van der Waals surface area contributed by atoms with Crippen LogP contribution in [0.15, 0.2) is 95.7 Å². The molecule has 0 saturated carbocycles. The monoisotopic (exact) mass is 489 g/mol. The average Bonchev–Trinajstić information content (AvgIpc) is 3.36. The van der Waals surface area contributed by atoms with Gasteiger partial charge in [-0.2, -0.15) is 0 Å². The molecular formula is C31H31N5O. The fraction of sp³-hybridized carbons (Fsp3) is 0.258. The summed E-state index contributed by atoms with van der Waals surface area (Å²) in [7, 11) is 0. The lowest BCUT2D eigenvalue weighted by Crippen LogP contribution is -2.31. The Kier molecular flexibility index (Phi) is 7.01. The smallest absolute Gasteiger partial charge is 0.209 e. The molecule has 2 aromatic carbocycles. The topological polar surface area (TPSA) is 67.1 Å². The predicted molar refractivity (Wildman–Crippen MR) is 144 cm³/mol. The maximum Gasteiger partial charge on any atom is 0.209 e. The zero-order valence-corrected chi connectivity index (χ0v) is 20.9. The molecule has 1 atom stereocenters. The molecule has 6 rings (SSSR count). The molecule has 6 nitrogen and oxygen atoms in total. The summed E-state index contributed by atoms with van der Waals surface area (Å²) in [6.45, 7) is 3.02. The van der Waals surface area contributed by atoms with Crippen LogP contribution in [0.4, 0.5) is 0 Å². The molecule has 0 spiro atoms. The number of aromatic nitrogens is 3. The molecule has 0 saturated heterocycles. The largest absolute Gasteiger partial charge is 0.439 e. The summed E-state index contributed by atoms with van der Waals surface area (Å²) in [5.41, 5.74) is 7.87. The number of nitrogens with zero attached hydrogens (tertiary/aromatic N) is 4. The van der Waals surface area contributed by atoms with Crippen LogP contribution >= 0.6 is 0 Å². The Morgan fingerprint density at radius 1 is 0.811 bits per heavy atom. The Morgan fingerprint density at radius 2 is 1.65 bits per heavy atom. The van der Waals surface area contributed by atoms with Crippen LogP contribution < -0.4 is 5.32 Å². The molecule has 0 radical (unpaired) electrons. The minimum Gasteiger partial charge on any atom is -0.439 e. The lowest BCUT2D eigenvalue weighted by Gasteiger charge is -2.34. The van der Waals surface area contributed by atoms with Gasteiger partial charge in [0.05, 0.1) is 24.0 Å². The van der Waals surface area contributed by atoms with Gasteiger partial charge in [0.15, 0.2) is 5.58 Å². The van der Waals surface area contributed by atoms with Gasteiger partial charge in [0.2, 0.25) is 5.89 Å². The van der Waals surface area contributed by atoms with Gasteiger partial charge in [-0.15, -0.1) is 0 Å². The van der Waals surface area contributed by atoms with E-state index in [-0.39, 0.29) is 6.04 Å². The fourth-order valence-electron chi connectivity index (χ4n) is 5.21. The number of nitrogens with one attached hydrogen (secondary N) is 1. The maximum absolute atomic E-state index is 6.13. The van der Waals surface area contributed by atoms with Crippen LogP contribution in [0.2, 0.25) is 0 Å². The lowest BCUT2D eigenvalue weighted by atomic mass is 9.90. The van der Waals surface area contributed by atoms with Gasteiger partial charge in [-0.1, -0.05) is 48.5 Å². The van der Waals surface area contributed by atoms with Crippen LogP contribution in [0.25, 0.3) is 11.1 Å². The molecular weight excluding hydrogens is 458 g/mol. The first-order chi connectivity index (χ1) is 18.3. The summed E-state index contributed by atoms with van der Waals surface area (Å²) >= 11 is 0. The summed E-state index contributed by atoms with van der Waals surface area (Å²) < 4.78 is 6.13. The van der Waals surface area contributed by atoms with E-state index in [2.05, 4.69) is 45.5 Å². The number of rotatable bonds is 9. The number of aryl methyl sites for hydroxylation is 1. The van der Waals surface area contributed by atoms with E-state index in [0.29, 0.717) is 6.54 Å². The third-order valence-corrected chi connectivity index (χ3v) is 7.05. The van der Waals surface area contributed by atoms with Crippen LogP contribution in [0.1, 0.15) is 52.9 Å². The standard InChI is InChI=1S/C31H31N5O/c1-2-12-29-27(10-1)35-30(37-29)22-36(28-11-5-7-25-8-6-18-34-31(25)28)21-24-15-13-23(14-16-24)19-32-20-26-9-3-4-17-33-26/h1-4,6,8-10,12-18,28,32H,5,7,11,19-22H2. The van der Waals surface area contributed by atoms with Gasteiger partial charge in [-0.3, -0.25) is 14.9 Å². The molecule has 3 heterocycles. The van der Waals surface area contributed by atoms with Crippen molar-refractivity contribution >= 4 is 11.1 Å². The number of benzene rings is 2. The highest BCUT2D eigenvalue weighted by atomic mass is 16.3. The third kappa shape index (κ3) is 5.61. The molecule has 37 heavy (non-hydrogen) atoms. The van der Waals surface area contributed by atoms with E-state index >= 15 is 0 Å². The quantitative estimate of drug-likeness (QED) is 0.274. The second-order valence-electron chi connectivity index (χ2n) is 9.68. The number of hydrogen-bond donors (Lipinski definition) is 1. The van der Waals surface area contributed by atoms with E-state index in [1.807, 2.05) is 60.9 Å². The number of para-hydroxylation sites is 2. The Morgan fingerprint density at radius 3 is 2.51 bits per heavy atom. The molecule has 5 aromatic rings. The van der Waals surface area contributed by atoms with Crippen molar-refractivity contribution in [2.24, 2.45) is 0 Å². The van der Waals surface area contributed by atoms with Crippen LogP contribution in [0.5, 0.6) is 0 Å². The average molecular weight is 490 g/mol. The van der Waals surface area contributed by atoms with Gasteiger partial charge < -0.3 is 9.73 Å². The minimum atomic E-state index is 0.236. The van der Waals surface area contributed by atoms with E-state index in [4.69, 9.17) is 14.4 Å². The van der Waals surface area contributed by atoms with Gasteiger partial charge in [0.1, 0.15) is 5.52 Å². The SMILES string of the molecule is c1ccc(CNCc2ccc(CN(Cc3nc4ccccc4o3)C3CCCc4cccnc43)cc2)nc1. The van der Waals surface area contributed by atoms with E-state index < -0.39 is 0 Å². The van der Waals surface area contributed by atoms with E-state index in [9.17, 15) is 0 Å². The first kappa shape index (κ1) is 23.5. The zero-order chi connectivity index (χ0) is 24.9. The first-order valence-electron chi connectivity index (χ1n) is 13.0. The van der Waals surface area contributed by atoms with Crippen LogP contribution in [-0.2, 0) is 32.6 Å². The molecule has 186 valence electrons. The number of oxazole rings is 1. The van der Waals surface area contributed by atoms with Crippen molar-refractivity contribution in [3.05, 3.63) is 125 Å². The van der Waals surface area contributed by atoms with Crippen LogP contribution in [0, 0.1) is 0 Å². The number of pyridine rings is 2. The molecule has 0 bridgehead atoms. The van der Waals surface area contributed by atoms with Crippen molar-refractivity contribution in [1.82, 2.24) is 25.2 Å². The van der Waals surface area contributed by atoms with E-state index in [0.717, 1.165) is 61.6 Å².